The van der Waals surface area contributed by atoms with Gasteiger partial charge in [-0.05, 0) is 43.3 Å². The minimum atomic E-state index is -3.24. The summed E-state index contributed by atoms with van der Waals surface area (Å²) in [7, 11) is -1.62. The lowest BCUT2D eigenvalue weighted by Crippen LogP contribution is -2.14. The Morgan fingerprint density at radius 2 is 1.67 bits per heavy atom. The first kappa shape index (κ1) is 15.2. The first-order valence-corrected chi connectivity index (χ1v) is 8.19. The summed E-state index contributed by atoms with van der Waals surface area (Å²) < 4.78 is 30.6. The molecule has 0 bridgehead atoms. The summed E-state index contributed by atoms with van der Waals surface area (Å²) in [6.07, 6.45) is 0. The molecule has 0 unspecified atom stereocenters. The third kappa shape index (κ3) is 4.39. The number of sulfonamides is 1. The highest BCUT2D eigenvalue weighted by atomic mass is 32.2. The molecule has 2 N–H and O–H groups in total. The molecule has 6 heteroatoms. The van der Waals surface area contributed by atoms with Gasteiger partial charge in [0.05, 0.1) is 12.9 Å². The Kier molecular flexibility index (Phi) is 4.70. The van der Waals surface area contributed by atoms with Gasteiger partial charge in [-0.25, -0.2) is 8.42 Å². The average molecular weight is 306 g/mol. The number of hydrogen-bond acceptors (Lipinski definition) is 4. The molecule has 0 heterocycles. The molecule has 112 valence electrons. The second-order valence-corrected chi connectivity index (χ2v) is 6.45. The zero-order valence-corrected chi connectivity index (χ0v) is 12.8. The van der Waals surface area contributed by atoms with Gasteiger partial charge in [-0.1, -0.05) is 6.07 Å². The molecule has 21 heavy (non-hydrogen) atoms. The number of ether oxygens (including phenoxy) is 1. The van der Waals surface area contributed by atoms with Crippen LogP contribution in [0.2, 0.25) is 0 Å². The summed E-state index contributed by atoms with van der Waals surface area (Å²) in [5.41, 5.74) is 2.31. The van der Waals surface area contributed by atoms with E-state index >= 15 is 0 Å². The van der Waals surface area contributed by atoms with Crippen LogP contribution in [0.1, 0.15) is 6.92 Å². The Morgan fingerprint density at radius 3 is 2.29 bits per heavy atom. The van der Waals surface area contributed by atoms with E-state index in [4.69, 9.17) is 4.74 Å². The van der Waals surface area contributed by atoms with Gasteiger partial charge < -0.3 is 10.1 Å². The van der Waals surface area contributed by atoms with Crippen molar-refractivity contribution in [1.82, 2.24) is 0 Å². The fourth-order valence-electron chi connectivity index (χ4n) is 1.74. The minimum absolute atomic E-state index is 0.0524. The number of anilines is 3. The van der Waals surface area contributed by atoms with Crippen molar-refractivity contribution in [3.63, 3.8) is 0 Å². The van der Waals surface area contributed by atoms with Gasteiger partial charge in [0.25, 0.3) is 0 Å². The van der Waals surface area contributed by atoms with Crippen LogP contribution in [0.5, 0.6) is 5.75 Å². The standard InChI is InChI=1S/C15H18N2O3S/c1-3-21(18,19)17-13-9-7-12(8-10-13)16-14-5-4-6-15(11-14)20-2/h4-11,16-17H,3H2,1-2H3. The van der Waals surface area contributed by atoms with Crippen LogP contribution < -0.4 is 14.8 Å². The zero-order chi connectivity index (χ0) is 15.3. The first-order valence-electron chi connectivity index (χ1n) is 6.54. The normalized spacial score (nSPS) is 11.0. The molecule has 0 amide bonds. The number of methoxy groups -OCH3 is 1. The van der Waals surface area contributed by atoms with Crippen LogP contribution in [0.4, 0.5) is 17.1 Å². The maximum Gasteiger partial charge on any atom is 0.232 e. The van der Waals surface area contributed by atoms with Crippen molar-refractivity contribution in [2.75, 3.05) is 22.9 Å². The van der Waals surface area contributed by atoms with Crippen LogP contribution in [0, 0.1) is 0 Å². The number of benzene rings is 2. The summed E-state index contributed by atoms with van der Waals surface area (Å²) in [5, 5.41) is 3.23. The van der Waals surface area contributed by atoms with Crippen molar-refractivity contribution in [2.24, 2.45) is 0 Å². The lowest BCUT2D eigenvalue weighted by molar-refractivity contribution is 0.415. The highest BCUT2D eigenvalue weighted by Crippen LogP contribution is 2.22. The van der Waals surface area contributed by atoms with Crippen molar-refractivity contribution in [1.29, 1.82) is 0 Å². The Bertz CT molecular complexity index is 697. The summed E-state index contributed by atoms with van der Waals surface area (Å²) in [4.78, 5) is 0. The van der Waals surface area contributed by atoms with Gasteiger partial charge in [0.1, 0.15) is 5.75 Å². The summed E-state index contributed by atoms with van der Waals surface area (Å²) in [6, 6.07) is 14.6. The quantitative estimate of drug-likeness (QED) is 0.860. The maximum absolute atomic E-state index is 11.5. The van der Waals surface area contributed by atoms with Gasteiger partial charge in [-0.2, -0.15) is 0 Å². The molecule has 2 aromatic carbocycles. The van der Waals surface area contributed by atoms with Crippen LogP contribution in [0.15, 0.2) is 48.5 Å². The van der Waals surface area contributed by atoms with E-state index in [9.17, 15) is 8.42 Å². The SMILES string of the molecule is CCS(=O)(=O)Nc1ccc(Nc2cccc(OC)c2)cc1. The Hall–Kier alpha value is -2.21. The molecule has 0 saturated heterocycles. The van der Waals surface area contributed by atoms with Gasteiger partial charge in [-0.15, -0.1) is 0 Å². The van der Waals surface area contributed by atoms with Crippen molar-refractivity contribution in [2.45, 2.75) is 6.92 Å². The number of hydrogen-bond donors (Lipinski definition) is 2. The monoisotopic (exact) mass is 306 g/mol. The van der Waals surface area contributed by atoms with Crippen LogP contribution >= 0.6 is 0 Å². The molecule has 0 aromatic heterocycles. The van der Waals surface area contributed by atoms with E-state index in [1.54, 1.807) is 26.2 Å². The molecule has 2 aromatic rings. The topological polar surface area (TPSA) is 67.4 Å². The zero-order valence-electron chi connectivity index (χ0n) is 12.0. The van der Waals surface area contributed by atoms with E-state index in [0.717, 1.165) is 17.1 Å². The van der Waals surface area contributed by atoms with Crippen LogP contribution in [-0.4, -0.2) is 21.3 Å². The highest BCUT2D eigenvalue weighted by Gasteiger charge is 2.06. The number of rotatable bonds is 6. The fraction of sp³-hybridized carbons (Fsp3) is 0.200. The molecule has 0 atom stereocenters. The van der Waals surface area contributed by atoms with E-state index < -0.39 is 10.0 Å². The Morgan fingerprint density at radius 1 is 1.00 bits per heavy atom. The number of nitrogens with one attached hydrogen (secondary N) is 2. The van der Waals surface area contributed by atoms with E-state index in [1.165, 1.54) is 0 Å². The van der Waals surface area contributed by atoms with Crippen LogP contribution in [0.3, 0.4) is 0 Å². The van der Waals surface area contributed by atoms with E-state index in [-0.39, 0.29) is 5.75 Å². The van der Waals surface area contributed by atoms with Gasteiger partial charge in [0.2, 0.25) is 10.0 Å². The summed E-state index contributed by atoms with van der Waals surface area (Å²) in [6.45, 7) is 1.60. The van der Waals surface area contributed by atoms with Gasteiger partial charge in [0, 0.05) is 23.1 Å². The molecule has 5 nitrogen and oxygen atoms in total. The molecule has 0 aliphatic rings. The molecule has 0 aliphatic heterocycles. The van der Waals surface area contributed by atoms with Crippen LogP contribution in [0.25, 0.3) is 0 Å². The second-order valence-electron chi connectivity index (χ2n) is 4.44. The largest absolute Gasteiger partial charge is 0.497 e. The average Bonchev–Trinajstić information content (AvgIpc) is 2.49. The summed E-state index contributed by atoms with van der Waals surface area (Å²) >= 11 is 0. The molecule has 0 spiro atoms. The summed E-state index contributed by atoms with van der Waals surface area (Å²) in [5.74, 6) is 0.823. The third-order valence-corrected chi connectivity index (χ3v) is 4.20. The molecule has 0 saturated carbocycles. The van der Waals surface area contributed by atoms with Crippen molar-refractivity contribution in [3.8, 4) is 5.75 Å². The Labute approximate surface area is 125 Å². The van der Waals surface area contributed by atoms with E-state index in [1.807, 2.05) is 36.4 Å². The predicted octanol–water partition coefficient (Wildman–Crippen LogP) is 3.20. The van der Waals surface area contributed by atoms with Crippen molar-refractivity contribution < 1.29 is 13.2 Å². The van der Waals surface area contributed by atoms with Gasteiger partial charge >= 0.3 is 0 Å². The Balaban J connectivity index is 2.08. The van der Waals surface area contributed by atoms with E-state index in [0.29, 0.717) is 5.69 Å². The molecule has 0 fully saturated rings. The maximum atomic E-state index is 11.5. The molecule has 2 rings (SSSR count). The van der Waals surface area contributed by atoms with Crippen LogP contribution in [-0.2, 0) is 10.0 Å². The second kappa shape index (κ2) is 6.49. The van der Waals surface area contributed by atoms with Crippen molar-refractivity contribution >= 4 is 27.1 Å². The molecule has 0 radical (unpaired) electrons. The van der Waals surface area contributed by atoms with Gasteiger partial charge in [0.15, 0.2) is 0 Å². The van der Waals surface area contributed by atoms with E-state index in [2.05, 4.69) is 10.0 Å². The third-order valence-electron chi connectivity index (χ3n) is 2.90. The fourth-order valence-corrected chi connectivity index (χ4v) is 2.38. The van der Waals surface area contributed by atoms with Crippen molar-refractivity contribution in [3.05, 3.63) is 48.5 Å². The highest BCUT2D eigenvalue weighted by molar-refractivity contribution is 7.92. The van der Waals surface area contributed by atoms with Gasteiger partial charge in [-0.3, -0.25) is 4.72 Å². The first-order chi connectivity index (χ1) is 10.0. The smallest absolute Gasteiger partial charge is 0.232 e. The lowest BCUT2D eigenvalue weighted by atomic mass is 10.2. The molecular formula is C15H18N2O3S. The lowest BCUT2D eigenvalue weighted by Gasteiger charge is -2.10. The molecular weight excluding hydrogens is 288 g/mol. The minimum Gasteiger partial charge on any atom is -0.497 e. The predicted molar refractivity (Wildman–Crippen MR) is 85.8 cm³/mol. The molecule has 0 aliphatic carbocycles.